The van der Waals surface area contributed by atoms with Crippen molar-refractivity contribution in [3.8, 4) is 5.75 Å². The second-order valence-electron chi connectivity index (χ2n) is 3.91. The van der Waals surface area contributed by atoms with E-state index < -0.39 is 23.7 Å². The Kier molecular flexibility index (Phi) is 2.54. The Morgan fingerprint density at radius 3 is 2.53 bits per heavy atom. The van der Waals surface area contributed by atoms with Crippen LogP contribution < -0.4 is 4.74 Å². The number of carboxylic acid groups (broad SMARTS) is 1. The fourth-order valence-electron chi connectivity index (χ4n) is 1.99. The van der Waals surface area contributed by atoms with Gasteiger partial charge >= 0.3 is 5.97 Å². The van der Waals surface area contributed by atoms with Gasteiger partial charge in [0.05, 0.1) is 7.11 Å². The molecule has 0 bridgehead atoms. The minimum atomic E-state index is -3.29. The molecule has 17 heavy (non-hydrogen) atoms. The molecule has 1 aliphatic rings. The maximum atomic E-state index is 13.4. The van der Waals surface area contributed by atoms with E-state index in [1.54, 1.807) is 0 Å². The van der Waals surface area contributed by atoms with Crippen molar-refractivity contribution >= 4 is 17.6 Å². The summed E-state index contributed by atoms with van der Waals surface area (Å²) in [7, 11) is 1.28. The summed E-state index contributed by atoms with van der Waals surface area (Å²) in [6.07, 6.45) is -0.755. The molecule has 92 valence electrons. The number of alkyl halides is 2. The highest BCUT2D eigenvalue weighted by Crippen LogP contribution is 2.64. The smallest absolute Gasteiger partial charge is 0.320 e. The first-order valence-corrected chi connectivity index (χ1v) is 5.19. The SMILES string of the molecule is COc1cccc(Cl)c1C1(C(=O)O)CC1(F)F. The molecule has 1 unspecified atom stereocenters. The summed E-state index contributed by atoms with van der Waals surface area (Å²) in [5.41, 5.74) is -2.40. The summed E-state index contributed by atoms with van der Waals surface area (Å²) in [5.74, 6) is -4.82. The van der Waals surface area contributed by atoms with E-state index in [0.29, 0.717) is 0 Å². The molecule has 1 aromatic rings. The van der Waals surface area contributed by atoms with Crippen LogP contribution in [0.15, 0.2) is 18.2 Å². The Morgan fingerprint density at radius 2 is 2.12 bits per heavy atom. The second kappa shape index (κ2) is 3.57. The molecule has 1 N–H and O–H groups in total. The molecule has 0 saturated heterocycles. The van der Waals surface area contributed by atoms with Gasteiger partial charge in [0, 0.05) is 17.0 Å². The van der Waals surface area contributed by atoms with Gasteiger partial charge < -0.3 is 9.84 Å². The van der Waals surface area contributed by atoms with Crippen molar-refractivity contribution in [3.63, 3.8) is 0 Å². The molecule has 6 heteroatoms. The van der Waals surface area contributed by atoms with Crippen LogP contribution in [0.4, 0.5) is 8.78 Å². The summed E-state index contributed by atoms with van der Waals surface area (Å²) in [5, 5.41) is 9.02. The summed E-state index contributed by atoms with van der Waals surface area (Å²) >= 11 is 5.83. The van der Waals surface area contributed by atoms with E-state index in [2.05, 4.69) is 0 Å². The van der Waals surface area contributed by atoms with E-state index in [1.165, 1.54) is 25.3 Å². The fourth-order valence-corrected chi connectivity index (χ4v) is 2.31. The zero-order valence-electron chi connectivity index (χ0n) is 8.84. The molecule has 0 amide bonds. The fraction of sp³-hybridized carbons (Fsp3) is 0.364. The van der Waals surface area contributed by atoms with Crippen LogP contribution in [0.25, 0.3) is 0 Å². The third-order valence-electron chi connectivity index (χ3n) is 2.97. The average molecular weight is 263 g/mol. The molecule has 0 heterocycles. The number of ether oxygens (including phenoxy) is 1. The molecular weight excluding hydrogens is 254 g/mol. The number of carbonyl (C=O) groups is 1. The average Bonchev–Trinajstić information content (AvgIpc) is 2.82. The second-order valence-corrected chi connectivity index (χ2v) is 4.32. The first kappa shape index (κ1) is 12.1. The van der Waals surface area contributed by atoms with Gasteiger partial charge in [-0.05, 0) is 12.1 Å². The Morgan fingerprint density at radius 1 is 1.53 bits per heavy atom. The van der Waals surface area contributed by atoms with Crippen molar-refractivity contribution in [3.05, 3.63) is 28.8 Å². The van der Waals surface area contributed by atoms with E-state index in [9.17, 15) is 13.6 Å². The molecule has 1 atom stereocenters. The largest absolute Gasteiger partial charge is 0.496 e. The Hall–Kier alpha value is -1.36. The van der Waals surface area contributed by atoms with Crippen molar-refractivity contribution in [2.24, 2.45) is 0 Å². The number of hydrogen-bond donors (Lipinski definition) is 1. The Bertz CT molecular complexity index is 490. The van der Waals surface area contributed by atoms with Crippen molar-refractivity contribution in [1.29, 1.82) is 0 Å². The highest BCUT2D eigenvalue weighted by atomic mass is 35.5. The van der Waals surface area contributed by atoms with Gasteiger partial charge in [0.25, 0.3) is 5.92 Å². The maximum absolute atomic E-state index is 13.4. The summed E-state index contributed by atoms with van der Waals surface area (Å²) < 4.78 is 31.7. The summed E-state index contributed by atoms with van der Waals surface area (Å²) in [4.78, 5) is 11.1. The van der Waals surface area contributed by atoms with Crippen LogP contribution in [0, 0.1) is 0 Å². The van der Waals surface area contributed by atoms with Gasteiger partial charge in [0.1, 0.15) is 5.75 Å². The van der Waals surface area contributed by atoms with E-state index >= 15 is 0 Å². The lowest BCUT2D eigenvalue weighted by Crippen LogP contribution is -2.28. The first-order valence-electron chi connectivity index (χ1n) is 4.81. The molecule has 0 radical (unpaired) electrons. The van der Waals surface area contributed by atoms with E-state index in [0.717, 1.165) is 0 Å². The van der Waals surface area contributed by atoms with E-state index in [4.69, 9.17) is 21.4 Å². The molecule has 2 rings (SSSR count). The van der Waals surface area contributed by atoms with Crippen LogP contribution >= 0.6 is 11.6 Å². The van der Waals surface area contributed by atoms with Gasteiger partial charge in [-0.1, -0.05) is 17.7 Å². The van der Waals surface area contributed by atoms with Gasteiger partial charge in [0.2, 0.25) is 0 Å². The molecule has 1 aliphatic carbocycles. The van der Waals surface area contributed by atoms with Crippen LogP contribution in [0.1, 0.15) is 12.0 Å². The number of methoxy groups -OCH3 is 1. The highest BCUT2D eigenvalue weighted by Gasteiger charge is 2.78. The molecule has 1 saturated carbocycles. The number of hydrogen-bond acceptors (Lipinski definition) is 2. The molecule has 1 aromatic carbocycles. The normalized spacial score (nSPS) is 25.4. The first-order chi connectivity index (χ1) is 7.87. The van der Waals surface area contributed by atoms with Gasteiger partial charge in [-0.25, -0.2) is 8.78 Å². The quantitative estimate of drug-likeness (QED) is 0.911. The van der Waals surface area contributed by atoms with Crippen LogP contribution in [0.2, 0.25) is 5.02 Å². The van der Waals surface area contributed by atoms with Crippen LogP contribution in [0.5, 0.6) is 5.75 Å². The molecule has 0 aliphatic heterocycles. The molecule has 1 fully saturated rings. The van der Waals surface area contributed by atoms with Crippen molar-refractivity contribution in [2.45, 2.75) is 17.8 Å². The van der Waals surface area contributed by atoms with Crippen LogP contribution in [-0.4, -0.2) is 24.1 Å². The van der Waals surface area contributed by atoms with Crippen molar-refractivity contribution in [1.82, 2.24) is 0 Å². The lowest BCUT2D eigenvalue weighted by atomic mass is 9.94. The Balaban J connectivity index is 2.65. The zero-order valence-corrected chi connectivity index (χ0v) is 9.59. The number of rotatable bonds is 3. The molecular formula is C11H9ClF2O3. The lowest BCUT2D eigenvalue weighted by Gasteiger charge is -2.17. The van der Waals surface area contributed by atoms with Gasteiger partial charge in [-0.2, -0.15) is 0 Å². The molecule has 0 spiro atoms. The lowest BCUT2D eigenvalue weighted by molar-refractivity contribution is -0.143. The van der Waals surface area contributed by atoms with Gasteiger partial charge in [0.15, 0.2) is 5.41 Å². The summed E-state index contributed by atoms with van der Waals surface area (Å²) in [6.45, 7) is 0. The predicted molar refractivity (Wildman–Crippen MR) is 56.9 cm³/mol. The predicted octanol–water partition coefficient (Wildman–Crippen LogP) is 2.71. The third-order valence-corrected chi connectivity index (χ3v) is 3.29. The number of benzene rings is 1. The third kappa shape index (κ3) is 1.49. The summed E-state index contributed by atoms with van der Waals surface area (Å²) in [6, 6.07) is 4.31. The highest BCUT2D eigenvalue weighted by molar-refractivity contribution is 6.32. The molecule has 3 nitrogen and oxygen atoms in total. The minimum Gasteiger partial charge on any atom is -0.496 e. The van der Waals surface area contributed by atoms with E-state index in [1.807, 2.05) is 0 Å². The number of carboxylic acids is 1. The maximum Gasteiger partial charge on any atom is 0.320 e. The minimum absolute atomic E-state index is 0.0241. The number of halogens is 3. The van der Waals surface area contributed by atoms with Gasteiger partial charge in [-0.15, -0.1) is 0 Å². The standard InChI is InChI=1S/C11H9ClF2O3/c1-17-7-4-2-3-6(12)8(7)10(9(15)16)5-11(10,13)14/h2-4H,5H2,1H3,(H,15,16). The van der Waals surface area contributed by atoms with Crippen LogP contribution in [0.3, 0.4) is 0 Å². The molecule has 0 aromatic heterocycles. The van der Waals surface area contributed by atoms with E-state index in [-0.39, 0.29) is 16.3 Å². The number of aliphatic carboxylic acids is 1. The van der Waals surface area contributed by atoms with Crippen molar-refractivity contribution < 1.29 is 23.4 Å². The zero-order chi connectivity index (χ0) is 12.8. The van der Waals surface area contributed by atoms with Crippen molar-refractivity contribution in [2.75, 3.05) is 7.11 Å². The topological polar surface area (TPSA) is 46.5 Å². The Labute approximate surface area is 101 Å². The van der Waals surface area contributed by atoms with Gasteiger partial charge in [-0.3, -0.25) is 4.79 Å². The van der Waals surface area contributed by atoms with Crippen LogP contribution in [-0.2, 0) is 10.2 Å². The monoisotopic (exact) mass is 262 g/mol.